The number of imidazole rings is 1. The smallest absolute Gasteiger partial charge is 0.449 e. The highest BCUT2D eigenvalue weighted by molar-refractivity contribution is 7.80. The van der Waals surface area contributed by atoms with Crippen molar-refractivity contribution < 1.29 is 21.9 Å². The van der Waals surface area contributed by atoms with Gasteiger partial charge in [-0.25, -0.2) is 4.98 Å². The second-order valence-electron chi connectivity index (χ2n) is 5.47. The highest BCUT2D eigenvalue weighted by Gasteiger charge is 2.36. The first kappa shape index (κ1) is 18.7. The van der Waals surface area contributed by atoms with E-state index in [2.05, 4.69) is 22.6 Å². The summed E-state index contributed by atoms with van der Waals surface area (Å²) in [5.74, 6) is -1.27. The third kappa shape index (κ3) is 4.00. The van der Waals surface area contributed by atoms with Crippen molar-refractivity contribution in [3.63, 3.8) is 0 Å². The Hall–Kier alpha value is -2.10. The van der Waals surface area contributed by atoms with Gasteiger partial charge in [-0.15, -0.1) is 12.6 Å². The molecule has 26 heavy (non-hydrogen) atoms. The van der Waals surface area contributed by atoms with Crippen LogP contribution in [0.3, 0.4) is 0 Å². The van der Waals surface area contributed by atoms with Gasteiger partial charge in [0.05, 0.1) is 11.4 Å². The fourth-order valence-electron chi connectivity index (χ4n) is 2.49. The van der Waals surface area contributed by atoms with Crippen LogP contribution in [0.5, 0.6) is 0 Å². The zero-order valence-electron chi connectivity index (χ0n) is 13.1. The van der Waals surface area contributed by atoms with E-state index in [0.717, 1.165) is 0 Å². The van der Waals surface area contributed by atoms with Gasteiger partial charge in [-0.1, -0.05) is 53.5 Å². The minimum atomic E-state index is -4.63. The van der Waals surface area contributed by atoms with Gasteiger partial charge in [-0.3, -0.25) is 4.21 Å². The maximum absolute atomic E-state index is 13.1. The number of nitrogens with zero attached hydrogens (tertiary/aromatic N) is 1. The molecule has 2 aromatic carbocycles. The summed E-state index contributed by atoms with van der Waals surface area (Å²) in [6, 6.07) is 12.9. The standard InChI is InChI=1S/C17H13F3N2O2S2/c18-17(19,20)16-21-14(11-7-5-10(6-8-11)9-26(23)24)15(22-16)12-3-1-2-4-13(12)25/h1-8,25H,9H2,(H,21,22)(H,23,24)/p-1. The predicted molar refractivity (Wildman–Crippen MR) is 94.3 cm³/mol. The molecule has 3 aromatic rings. The Kier molecular flexibility index (Phi) is 5.22. The molecule has 0 spiro atoms. The lowest BCUT2D eigenvalue weighted by atomic mass is 10.0. The topological polar surface area (TPSA) is 68.8 Å². The van der Waals surface area contributed by atoms with Crippen molar-refractivity contribution in [3.05, 3.63) is 59.9 Å². The van der Waals surface area contributed by atoms with Crippen LogP contribution in [0, 0.1) is 0 Å². The van der Waals surface area contributed by atoms with Gasteiger partial charge < -0.3 is 9.54 Å². The highest BCUT2D eigenvalue weighted by atomic mass is 32.2. The molecule has 0 amide bonds. The Morgan fingerprint density at radius 3 is 2.35 bits per heavy atom. The molecule has 0 fully saturated rings. The fraction of sp³-hybridized carbons (Fsp3) is 0.118. The summed E-state index contributed by atoms with van der Waals surface area (Å²) < 4.78 is 60.9. The minimum absolute atomic E-state index is 0.119. The quantitative estimate of drug-likeness (QED) is 0.505. The number of H-pyrrole nitrogens is 1. The van der Waals surface area contributed by atoms with E-state index in [1.54, 1.807) is 48.5 Å². The number of aromatic nitrogens is 2. The molecule has 1 unspecified atom stereocenters. The van der Waals surface area contributed by atoms with Crippen LogP contribution in [0.1, 0.15) is 11.4 Å². The average Bonchev–Trinajstić information content (AvgIpc) is 3.01. The number of nitrogens with one attached hydrogen (secondary N) is 1. The fourth-order valence-corrected chi connectivity index (χ4v) is 3.23. The summed E-state index contributed by atoms with van der Waals surface area (Å²) in [5.41, 5.74) is 1.77. The zero-order chi connectivity index (χ0) is 18.9. The van der Waals surface area contributed by atoms with E-state index < -0.39 is 23.1 Å². The molecule has 1 N–H and O–H groups in total. The lowest BCUT2D eigenvalue weighted by Crippen LogP contribution is -2.07. The van der Waals surface area contributed by atoms with Gasteiger partial charge in [0.25, 0.3) is 0 Å². The van der Waals surface area contributed by atoms with Crippen molar-refractivity contribution in [1.82, 2.24) is 9.97 Å². The minimum Gasteiger partial charge on any atom is -0.772 e. The van der Waals surface area contributed by atoms with Crippen LogP contribution in [-0.4, -0.2) is 18.7 Å². The number of halogens is 3. The first-order valence-electron chi connectivity index (χ1n) is 7.36. The molecule has 136 valence electrons. The third-order valence-electron chi connectivity index (χ3n) is 3.66. The van der Waals surface area contributed by atoms with E-state index in [1.165, 1.54) is 0 Å². The molecule has 1 atom stereocenters. The molecule has 0 aliphatic heterocycles. The van der Waals surface area contributed by atoms with Crippen LogP contribution in [0.25, 0.3) is 22.5 Å². The SMILES string of the molecule is O=S([O-])Cc1ccc(-c2nc(C(F)(F)F)[nH]c2-c2ccccc2S)cc1. The first-order valence-corrected chi connectivity index (χ1v) is 9.05. The van der Waals surface area contributed by atoms with E-state index in [9.17, 15) is 21.9 Å². The molecule has 0 saturated carbocycles. The Bertz CT molecular complexity index is 953. The maximum atomic E-state index is 13.1. The van der Waals surface area contributed by atoms with Crippen LogP contribution in [-0.2, 0) is 23.0 Å². The van der Waals surface area contributed by atoms with Gasteiger partial charge >= 0.3 is 6.18 Å². The van der Waals surface area contributed by atoms with Gasteiger partial charge in [0.15, 0.2) is 0 Å². The van der Waals surface area contributed by atoms with Gasteiger partial charge in [-0.2, -0.15) is 13.2 Å². The molecule has 3 rings (SSSR count). The van der Waals surface area contributed by atoms with Gasteiger partial charge in [0.2, 0.25) is 5.82 Å². The summed E-state index contributed by atoms with van der Waals surface area (Å²) in [4.78, 5) is 6.57. The summed E-state index contributed by atoms with van der Waals surface area (Å²) in [5, 5.41) is 0. The molecule has 0 aliphatic carbocycles. The van der Waals surface area contributed by atoms with E-state index in [1.807, 2.05) is 0 Å². The summed E-state index contributed by atoms with van der Waals surface area (Å²) in [6.07, 6.45) is -4.63. The molecule has 1 aromatic heterocycles. The molecule has 1 heterocycles. The van der Waals surface area contributed by atoms with Crippen molar-refractivity contribution in [2.24, 2.45) is 0 Å². The normalized spacial score (nSPS) is 13.0. The van der Waals surface area contributed by atoms with Crippen LogP contribution in [0.2, 0.25) is 0 Å². The zero-order valence-corrected chi connectivity index (χ0v) is 14.8. The maximum Gasteiger partial charge on any atom is 0.449 e. The molecule has 0 saturated heterocycles. The van der Waals surface area contributed by atoms with Crippen molar-refractivity contribution in [2.75, 3.05) is 0 Å². The Labute approximate surface area is 155 Å². The number of thiol groups is 1. The number of benzene rings is 2. The monoisotopic (exact) mass is 397 g/mol. The van der Waals surface area contributed by atoms with E-state index >= 15 is 0 Å². The van der Waals surface area contributed by atoms with Gasteiger partial charge in [0.1, 0.15) is 0 Å². The van der Waals surface area contributed by atoms with Crippen molar-refractivity contribution in [1.29, 1.82) is 0 Å². The largest absolute Gasteiger partial charge is 0.772 e. The van der Waals surface area contributed by atoms with Crippen LogP contribution in [0.15, 0.2) is 53.4 Å². The number of hydrogen-bond acceptors (Lipinski definition) is 4. The molecule has 9 heteroatoms. The summed E-state index contributed by atoms with van der Waals surface area (Å²) in [6.45, 7) is 0. The van der Waals surface area contributed by atoms with E-state index in [-0.39, 0.29) is 17.1 Å². The second-order valence-corrected chi connectivity index (χ2v) is 6.85. The average molecular weight is 397 g/mol. The highest BCUT2D eigenvalue weighted by Crippen LogP contribution is 2.37. The van der Waals surface area contributed by atoms with E-state index in [0.29, 0.717) is 21.6 Å². The Morgan fingerprint density at radius 2 is 1.77 bits per heavy atom. The number of rotatable bonds is 4. The molecule has 4 nitrogen and oxygen atoms in total. The summed E-state index contributed by atoms with van der Waals surface area (Å²) >= 11 is 2.06. The van der Waals surface area contributed by atoms with Crippen molar-refractivity contribution in [3.8, 4) is 22.5 Å². The van der Waals surface area contributed by atoms with Crippen molar-refractivity contribution >= 4 is 23.7 Å². The summed E-state index contributed by atoms with van der Waals surface area (Å²) in [7, 11) is 0. The lowest BCUT2D eigenvalue weighted by molar-refractivity contribution is -0.144. The first-order chi connectivity index (χ1) is 12.3. The molecule has 0 aliphatic rings. The number of aromatic amines is 1. The van der Waals surface area contributed by atoms with Crippen LogP contribution >= 0.6 is 12.6 Å². The van der Waals surface area contributed by atoms with E-state index in [4.69, 9.17) is 0 Å². The number of hydrogen-bond donors (Lipinski definition) is 2. The molecular formula is C17H12F3N2O2S2-. The van der Waals surface area contributed by atoms with Gasteiger partial charge in [0, 0.05) is 21.8 Å². The van der Waals surface area contributed by atoms with Crippen LogP contribution < -0.4 is 0 Å². The van der Waals surface area contributed by atoms with Crippen molar-refractivity contribution in [2.45, 2.75) is 16.8 Å². The Morgan fingerprint density at radius 1 is 1.12 bits per heavy atom. The lowest BCUT2D eigenvalue weighted by Gasteiger charge is -2.08. The van der Waals surface area contributed by atoms with Crippen LogP contribution in [0.4, 0.5) is 13.2 Å². The number of alkyl halides is 3. The molecule has 0 bridgehead atoms. The second kappa shape index (κ2) is 7.26. The Balaban J connectivity index is 2.12. The van der Waals surface area contributed by atoms with Gasteiger partial charge in [-0.05, 0) is 11.6 Å². The molecule has 0 radical (unpaired) electrons. The third-order valence-corrected chi connectivity index (χ3v) is 4.62. The predicted octanol–water partition coefficient (Wildman–Crippen LogP) is 4.43. The molecular weight excluding hydrogens is 385 g/mol.